The van der Waals surface area contributed by atoms with Crippen LogP contribution in [0.3, 0.4) is 0 Å². The number of nitrogens with zero attached hydrogens (tertiary/aromatic N) is 1. The summed E-state index contributed by atoms with van der Waals surface area (Å²) in [5.41, 5.74) is 3.04. The number of fused-ring (bicyclic) bond motifs is 1. The number of ether oxygens (including phenoxy) is 2. The van der Waals surface area contributed by atoms with Gasteiger partial charge in [-0.05, 0) is 32.4 Å². The fourth-order valence-corrected chi connectivity index (χ4v) is 2.87. The minimum Gasteiger partial charge on any atom is -0.492 e. The van der Waals surface area contributed by atoms with Crippen molar-refractivity contribution in [3.05, 3.63) is 35.2 Å². The number of aromatic amines is 1. The number of hydrogen-bond acceptors (Lipinski definition) is 4. The van der Waals surface area contributed by atoms with Gasteiger partial charge in [0.1, 0.15) is 17.6 Å². The Balaban J connectivity index is 1.82. The number of anilines is 1. The van der Waals surface area contributed by atoms with Crippen molar-refractivity contribution in [2.24, 2.45) is 0 Å². The van der Waals surface area contributed by atoms with E-state index in [0.29, 0.717) is 23.7 Å². The maximum absolute atomic E-state index is 12.5. The zero-order chi connectivity index (χ0) is 17.1. The molecule has 6 nitrogen and oxygen atoms in total. The van der Waals surface area contributed by atoms with E-state index in [1.165, 1.54) is 0 Å². The van der Waals surface area contributed by atoms with Crippen molar-refractivity contribution >= 4 is 11.6 Å². The van der Waals surface area contributed by atoms with Crippen molar-refractivity contribution < 1.29 is 14.3 Å². The molecule has 1 aromatic heterocycles. The highest BCUT2D eigenvalue weighted by Crippen LogP contribution is 2.38. The van der Waals surface area contributed by atoms with E-state index >= 15 is 0 Å². The molecule has 1 aromatic carbocycles. The van der Waals surface area contributed by atoms with Crippen molar-refractivity contribution in [1.29, 1.82) is 0 Å². The van der Waals surface area contributed by atoms with Gasteiger partial charge >= 0.3 is 0 Å². The smallest absolute Gasteiger partial charge is 0.276 e. The van der Waals surface area contributed by atoms with Crippen LogP contribution in [0.25, 0.3) is 0 Å². The fraction of sp³-hybridized carbons (Fsp3) is 0.444. The summed E-state index contributed by atoms with van der Waals surface area (Å²) >= 11 is 0. The molecule has 0 saturated carbocycles. The van der Waals surface area contributed by atoms with E-state index < -0.39 is 0 Å². The summed E-state index contributed by atoms with van der Waals surface area (Å²) in [4.78, 5) is 12.5. The van der Waals surface area contributed by atoms with E-state index in [-0.39, 0.29) is 12.0 Å². The second-order valence-electron chi connectivity index (χ2n) is 6.00. The second kappa shape index (κ2) is 6.95. The average molecular weight is 329 g/mol. The van der Waals surface area contributed by atoms with Crippen LogP contribution in [0.15, 0.2) is 18.2 Å². The number of nitrogens with one attached hydrogen (secondary N) is 2. The highest BCUT2D eigenvalue weighted by atomic mass is 16.5. The van der Waals surface area contributed by atoms with Crippen LogP contribution in [0.1, 0.15) is 48.9 Å². The van der Waals surface area contributed by atoms with Crippen molar-refractivity contribution in [2.45, 2.75) is 46.1 Å². The zero-order valence-electron chi connectivity index (χ0n) is 14.3. The van der Waals surface area contributed by atoms with Crippen LogP contribution in [0.2, 0.25) is 0 Å². The molecule has 6 heteroatoms. The molecule has 2 N–H and O–H groups in total. The number of carbonyl (C=O) groups excluding carboxylic acids is 1. The Morgan fingerprint density at radius 1 is 1.42 bits per heavy atom. The number of amides is 1. The molecule has 0 fully saturated rings. The first-order chi connectivity index (χ1) is 11.6. The summed E-state index contributed by atoms with van der Waals surface area (Å²) < 4.78 is 11.5. The van der Waals surface area contributed by atoms with Crippen LogP contribution in [-0.4, -0.2) is 28.8 Å². The molecule has 0 saturated heterocycles. The first-order valence-electron chi connectivity index (χ1n) is 8.42. The Kier molecular flexibility index (Phi) is 4.74. The molecule has 24 heavy (non-hydrogen) atoms. The zero-order valence-corrected chi connectivity index (χ0v) is 14.3. The lowest BCUT2D eigenvalue weighted by Crippen LogP contribution is -2.13. The van der Waals surface area contributed by atoms with Crippen molar-refractivity contribution in [1.82, 2.24) is 10.2 Å². The minimum atomic E-state index is -0.263. The molecule has 0 spiro atoms. The second-order valence-corrected chi connectivity index (χ2v) is 6.00. The number of aryl methyl sites for hydroxylation is 1. The third-order valence-electron chi connectivity index (χ3n) is 3.93. The van der Waals surface area contributed by atoms with E-state index in [1.807, 2.05) is 26.0 Å². The van der Waals surface area contributed by atoms with E-state index in [9.17, 15) is 4.79 Å². The van der Waals surface area contributed by atoms with Gasteiger partial charge in [-0.3, -0.25) is 9.89 Å². The number of rotatable bonds is 6. The van der Waals surface area contributed by atoms with Gasteiger partial charge in [0.25, 0.3) is 5.91 Å². The van der Waals surface area contributed by atoms with Crippen LogP contribution in [0, 0.1) is 0 Å². The minimum absolute atomic E-state index is 0.142. The lowest BCUT2D eigenvalue weighted by Gasteiger charge is -2.13. The SMILES string of the molecule is CCCc1cc(C(=O)Nc2cc3c(cc2OCC)C[C@H](C)O3)n[nH]1. The maximum Gasteiger partial charge on any atom is 0.276 e. The molecular weight excluding hydrogens is 306 g/mol. The normalized spacial score (nSPS) is 15.7. The Bertz CT molecular complexity index is 739. The molecule has 1 aliphatic heterocycles. The molecule has 2 aromatic rings. The van der Waals surface area contributed by atoms with Crippen LogP contribution in [0.5, 0.6) is 11.5 Å². The summed E-state index contributed by atoms with van der Waals surface area (Å²) in [5.74, 6) is 1.20. The lowest BCUT2D eigenvalue weighted by atomic mass is 10.1. The van der Waals surface area contributed by atoms with E-state index in [1.54, 1.807) is 6.07 Å². The summed E-state index contributed by atoms with van der Waals surface area (Å²) in [7, 11) is 0. The van der Waals surface area contributed by atoms with E-state index in [4.69, 9.17) is 9.47 Å². The predicted molar refractivity (Wildman–Crippen MR) is 91.9 cm³/mol. The van der Waals surface area contributed by atoms with Gasteiger partial charge in [0.2, 0.25) is 0 Å². The Hall–Kier alpha value is -2.50. The first kappa shape index (κ1) is 16.4. The summed E-state index contributed by atoms with van der Waals surface area (Å²) in [6.07, 6.45) is 2.86. The fourth-order valence-electron chi connectivity index (χ4n) is 2.87. The van der Waals surface area contributed by atoms with Gasteiger partial charge in [-0.1, -0.05) is 13.3 Å². The Labute approximate surface area is 141 Å². The Morgan fingerprint density at radius 3 is 3.00 bits per heavy atom. The van der Waals surface area contributed by atoms with Crippen molar-refractivity contribution in [2.75, 3.05) is 11.9 Å². The quantitative estimate of drug-likeness (QED) is 0.852. The first-order valence-corrected chi connectivity index (χ1v) is 8.42. The maximum atomic E-state index is 12.5. The van der Waals surface area contributed by atoms with Gasteiger partial charge in [0, 0.05) is 23.7 Å². The summed E-state index contributed by atoms with van der Waals surface area (Å²) in [5, 5.41) is 9.86. The molecule has 2 heterocycles. The monoisotopic (exact) mass is 329 g/mol. The highest BCUT2D eigenvalue weighted by molar-refractivity contribution is 6.04. The van der Waals surface area contributed by atoms with Gasteiger partial charge in [0.15, 0.2) is 5.69 Å². The molecule has 1 aliphatic rings. The van der Waals surface area contributed by atoms with Crippen molar-refractivity contribution in [3.63, 3.8) is 0 Å². The number of carbonyl (C=O) groups is 1. The number of benzene rings is 1. The largest absolute Gasteiger partial charge is 0.492 e. The molecule has 0 aliphatic carbocycles. The van der Waals surface area contributed by atoms with E-state index in [0.717, 1.165) is 36.3 Å². The molecule has 1 atom stereocenters. The number of H-pyrrole nitrogens is 1. The molecule has 0 bridgehead atoms. The van der Waals surface area contributed by atoms with Gasteiger partial charge in [-0.25, -0.2) is 0 Å². The summed E-state index contributed by atoms with van der Waals surface area (Å²) in [6, 6.07) is 5.57. The van der Waals surface area contributed by atoms with Gasteiger partial charge in [-0.15, -0.1) is 0 Å². The topological polar surface area (TPSA) is 76.2 Å². The molecule has 1 amide bonds. The molecule has 0 radical (unpaired) electrons. The van der Waals surface area contributed by atoms with Crippen LogP contribution >= 0.6 is 0 Å². The third kappa shape index (κ3) is 3.37. The highest BCUT2D eigenvalue weighted by Gasteiger charge is 2.23. The van der Waals surface area contributed by atoms with Gasteiger partial charge in [0.05, 0.1) is 12.3 Å². The summed E-state index contributed by atoms with van der Waals surface area (Å²) in [6.45, 7) is 6.56. The van der Waals surface area contributed by atoms with Gasteiger partial charge in [-0.2, -0.15) is 5.10 Å². The average Bonchev–Trinajstić information content (AvgIpc) is 3.14. The number of hydrogen-bond donors (Lipinski definition) is 2. The standard InChI is InChI=1S/C18H23N3O3/c1-4-6-13-9-15(21-20-13)18(22)19-14-10-16-12(7-11(3)24-16)8-17(14)23-5-2/h8-11H,4-7H2,1-3H3,(H,19,22)(H,20,21)/t11-/m0/s1. The van der Waals surface area contributed by atoms with Crippen molar-refractivity contribution in [3.8, 4) is 11.5 Å². The van der Waals surface area contributed by atoms with E-state index in [2.05, 4.69) is 22.4 Å². The molecule has 3 rings (SSSR count). The molecule has 0 unspecified atom stereocenters. The Morgan fingerprint density at radius 2 is 2.25 bits per heavy atom. The van der Waals surface area contributed by atoms with Crippen LogP contribution < -0.4 is 14.8 Å². The number of aromatic nitrogens is 2. The van der Waals surface area contributed by atoms with Gasteiger partial charge < -0.3 is 14.8 Å². The predicted octanol–water partition coefficient (Wildman–Crippen LogP) is 3.34. The van der Waals surface area contributed by atoms with Crippen LogP contribution in [0.4, 0.5) is 5.69 Å². The molecular formula is C18H23N3O3. The third-order valence-corrected chi connectivity index (χ3v) is 3.93. The molecule has 128 valence electrons. The lowest BCUT2D eigenvalue weighted by molar-refractivity contribution is 0.102. The van der Waals surface area contributed by atoms with Crippen LogP contribution in [-0.2, 0) is 12.8 Å².